The molecule has 0 saturated heterocycles. The van der Waals surface area contributed by atoms with Crippen molar-refractivity contribution >= 4 is 52.5 Å². The number of halogens is 2. The highest BCUT2D eigenvalue weighted by molar-refractivity contribution is 14.1. The van der Waals surface area contributed by atoms with Crippen LogP contribution in [-0.2, 0) is 0 Å². The second-order valence-corrected chi connectivity index (χ2v) is 9.16. The van der Waals surface area contributed by atoms with Crippen LogP contribution in [0, 0.1) is 9.39 Å². The van der Waals surface area contributed by atoms with Crippen molar-refractivity contribution in [3.05, 3.63) is 106 Å². The van der Waals surface area contributed by atoms with Crippen molar-refractivity contribution in [2.24, 2.45) is 0 Å². The largest absolute Gasteiger partial charge is 0.488 e. The molecule has 0 saturated carbocycles. The second-order valence-electron chi connectivity index (χ2n) is 8.00. The first-order valence-corrected chi connectivity index (χ1v) is 11.9. The van der Waals surface area contributed by atoms with Crippen LogP contribution in [0.25, 0.3) is 11.1 Å². The number of rotatable bonds is 7. The Morgan fingerprint density at radius 3 is 2.51 bits per heavy atom. The van der Waals surface area contributed by atoms with Gasteiger partial charge in [0.2, 0.25) is 0 Å². The lowest BCUT2D eigenvalue weighted by molar-refractivity contribution is 0.102. The Morgan fingerprint density at radius 1 is 0.971 bits per heavy atom. The lowest BCUT2D eigenvalue weighted by atomic mass is 9.79. The second kappa shape index (κ2) is 11.0. The van der Waals surface area contributed by atoms with Crippen molar-refractivity contribution in [3.8, 4) is 11.1 Å². The summed E-state index contributed by atoms with van der Waals surface area (Å²) in [6.07, 6.45) is 3.49. The van der Waals surface area contributed by atoms with E-state index < -0.39 is 18.8 Å². The molecule has 176 valence electrons. The third-order valence-corrected chi connectivity index (χ3v) is 6.46. The Labute approximate surface area is 216 Å². The first kappa shape index (κ1) is 24.8. The molecule has 1 unspecified atom stereocenters. The number of aromatic nitrogens is 1. The van der Waals surface area contributed by atoms with Gasteiger partial charge in [-0.15, -0.1) is 0 Å². The average molecular weight is 581 g/mol. The van der Waals surface area contributed by atoms with Gasteiger partial charge in [-0.2, -0.15) is 0 Å². The molecule has 0 fully saturated rings. The Morgan fingerprint density at radius 2 is 1.74 bits per heavy atom. The summed E-state index contributed by atoms with van der Waals surface area (Å²) < 4.78 is 15.4. The van der Waals surface area contributed by atoms with Crippen molar-refractivity contribution in [2.45, 2.75) is 13.0 Å². The molecule has 0 aliphatic carbocycles. The van der Waals surface area contributed by atoms with E-state index in [2.05, 4.69) is 57.3 Å². The first-order valence-electron chi connectivity index (χ1n) is 10.8. The molecule has 0 aliphatic heterocycles. The predicted octanol–water partition coefficient (Wildman–Crippen LogP) is 4.60. The number of hydrogen-bond donors (Lipinski definition) is 4. The van der Waals surface area contributed by atoms with Crippen LogP contribution in [0.15, 0.2) is 85.2 Å². The van der Waals surface area contributed by atoms with Crippen molar-refractivity contribution < 1.29 is 19.2 Å². The van der Waals surface area contributed by atoms with E-state index in [1.54, 1.807) is 30.6 Å². The lowest BCUT2D eigenvalue weighted by Crippen LogP contribution is -2.31. The molecule has 0 radical (unpaired) electrons. The van der Waals surface area contributed by atoms with Gasteiger partial charge in [0.25, 0.3) is 5.91 Å². The van der Waals surface area contributed by atoms with Gasteiger partial charge in [0.05, 0.1) is 11.3 Å². The number of amides is 1. The molecule has 4 aromatic rings. The van der Waals surface area contributed by atoms with Gasteiger partial charge in [-0.25, -0.2) is 4.39 Å². The maximum Gasteiger partial charge on any atom is 0.488 e. The quantitative estimate of drug-likeness (QED) is 0.189. The number of benzene rings is 3. The number of hydrogen-bond acceptors (Lipinski definition) is 5. The van der Waals surface area contributed by atoms with Gasteiger partial charge < -0.3 is 20.7 Å². The van der Waals surface area contributed by atoms with E-state index in [0.717, 1.165) is 28.9 Å². The molecule has 0 bridgehead atoms. The minimum atomic E-state index is -1.80. The van der Waals surface area contributed by atoms with Crippen molar-refractivity contribution in [1.82, 2.24) is 4.98 Å². The predicted molar refractivity (Wildman–Crippen MR) is 145 cm³/mol. The summed E-state index contributed by atoms with van der Waals surface area (Å²) in [6.45, 7) is 2.09. The number of pyridine rings is 1. The molecular weight excluding hydrogens is 559 g/mol. The summed E-state index contributed by atoms with van der Waals surface area (Å²) in [6, 6.07) is 20.7. The lowest BCUT2D eigenvalue weighted by Gasteiger charge is -2.17. The summed E-state index contributed by atoms with van der Waals surface area (Å²) in [5.74, 6) is -1.45. The first-order chi connectivity index (χ1) is 16.8. The number of carbonyl (C=O) groups excluding carboxylic acids is 1. The molecule has 1 heterocycles. The molecule has 0 spiro atoms. The maximum absolute atomic E-state index is 14.2. The molecule has 35 heavy (non-hydrogen) atoms. The highest BCUT2D eigenvalue weighted by atomic mass is 127. The molecule has 9 heteroatoms. The SMILES string of the molecule is CC(Nc1cncc(-c2cccc(NC(=O)c3cc(B(O)O)ccc3F)c2)c1)c1ccccc1I. The topological polar surface area (TPSA) is 94.5 Å². The fourth-order valence-electron chi connectivity index (χ4n) is 3.68. The monoisotopic (exact) mass is 581 g/mol. The summed E-state index contributed by atoms with van der Waals surface area (Å²) in [5, 5.41) is 24.8. The van der Waals surface area contributed by atoms with Crippen molar-refractivity contribution in [1.29, 1.82) is 0 Å². The fourth-order valence-corrected chi connectivity index (χ4v) is 4.54. The van der Waals surface area contributed by atoms with Crippen molar-refractivity contribution in [3.63, 3.8) is 0 Å². The van der Waals surface area contributed by atoms with E-state index in [0.29, 0.717) is 5.69 Å². The Kier molecular flexibility index (Phi) is 7.79. The third-order valence-electron chi connectivity index (χ3n) is 5.48. The molecule has 3 aromatic carbocycles. The summed E-state index contributed by atoms with van der Waals surface area (Å²) in [5.41, 5.74) is 3.92. The molecule has 1 atom stereocenters. The van der Waals surface area contributed by atoms with E-state index >= 15 is 0 Å². The van der Waals surface area contributed by atoms with Gasteiger partial charge >= 0.3 is 7.12 Å². The smallest absolute Gasteiger partial charge is 0.423 e. The maximum atomic E-state index is 14.2. The molecule has 1 aromatic heterocycles. The molecular formula is C26H22BFIN3O3. The van der Waals surface area contributed by atoms with Gasteiger partial charge in [-0.05, 0) is 82.5 Å². The van der Waals surface area contributed by atoms with E-state index in [1.807, 2.05) is 24.3 Å². The summed E-state index contributed by atoms with van der Waals surface area (Å²) in [7, 11) is -1.80. The Bertz CT molecular complexity index is 1370. The number of nitrogens with zero attached hydrogens (tertiary/aromatic N) is 1. The van der Waals surface area contributed by atoms with Crippen LogP contribution in [0.3, 0.4) is 0 Å². The molecule has 6 nitrogen and oxygen atoms in total. The summed E-state index contributed by atoms with van der Waals surface area (Å²) in [4.78, 5) is 17.0. The van der Waals surface area contributed by atoms with Gasteiger partial charge in [-0.1, -0.05) is 36.4 Å². The third kappa shape index (κ3) is 6.05. The van der Waals surface area contributed by atoms with Crippen LogP contribution < -0.4 is 16.1 Å². The van der Waals surface area contributed by atoms with Gasteiger partial charge in [0.15, 0.2) is 0 Å². The molecule has 0 aliphatic rings. The number of nitrogens with one attached hydrogen (secondary N) is 2. The Hall–Kier alpha value is -3.28. The zero-order chi connectivity index (χ0) is 24.9. The van der Waals surface area contributed by atoms with Crippen LogP contribution in [0.4, 0.5) is 15.8 Å². The minimum Gasteiger partial charge on any atom is -0.423 e. The van der Waals surface area contributed by atoms with Crippen LogP contribution in [0.2, 0.25) is 0 Å². The van der Waals surface area contributed by atoms with E-state index in [9.17, 15) is 19.2 Å². The average Bonchev–Trinajstić information content (AvgIpc) is 2.84. The highest BCUT2D eigenvalue weighted by Gasteiger charge is 2.18. The van der Waals surface area contributed by atoms with E-state index in [1.165, 1.54) is 15.2 Å². The normalized spacial score (nSPS) is 11.6. The minimum absolute atomic E-state index is 0.0279. The van der Waals surface area contributed by atoms with Crippen LogP contribution >= 0.6 is 22.6 Å². The van der Waals surface area contributed by atoms with Gasteiger partial charge in [0, 0.05) is 33.3 Å². The van der Waals surface area contributed by atoms with Crippen LogP contribution in [0.1, 0.15) is 28.9 Å². The zero-order valence-electron chi connectivity index (χ0n) is 18.7. The van der Waals surface area contributed by atoms with Crippen molar-refractivity contribution in [2.75, 3.05) is 10.6 Å². The molecule has 1 amide bonds. The standard InChI is InChI=1S/C26H22BFIN3O3/c1-16(22-7-2-3-8-25(22)29)31-21-12-18(14-30-15-21)17-5-4-6-20(11-17)32-26(33)23-13-19(27(34)35)9-10-24(23)28/h2-16,31,34-35H,1H3,(H,32,33). The van der Waals surface area contributed by atoms with Crippen LogP contribution in [0.5, 0.6) is 0 Å². The Balaban J connectivity index is 1.53. The van der Waals surface area contributed by atoms with Gasteiger partial charge in [0.1, 0.15) is 5.82 Å². The number of carbonyl (C=O) groups is 1. The van der Waals surface area contributed by atoms with Crippen LogP contribution in [-0.4, -0.2) is 28.1 Å². The molecule has 4 N–H and O–H groups in total. The van der Waals surface area contributed by atoms with Gasteiger partial charge in [-0.3, -0.25) is 9.78 Å². The fraction of sp³-hybridized carbons (Fsp3) is 0.0769. The summed E-state index contributed by atoms with van der Waals surface area (Å²) >= 11 is 2.32. The van der Waals surface area contributed by atoms with E-state index in [4.69, 9.17) is 0 Å². The highest BCUT2D eigenvalue weighted by Crippen LogP contribution is 2.28. The molecule has 4 rings (SSSR count). The van der Waals surface area contributed by atoms with E-state index in [-0.39, 0.29) is 17.1 Å². The zero-order valence-corrected chi connectivity index (χ0v) is 20.9. The number of anilines is 2.